The number of aldehydes is 1. The number of ether oxygens (including phenoxy) is 3. The maximum atomic E-state index is 11.3. The van der Waals surface area contributed by atoms with Crippen LogP contribution in [0.4, 0.5) is 0 Å². The average molecular weight is 286 g/mol. The SMILES string of the molecule is COCOc1cc(C)cc(C=O)c1OCc1ccccc1. The van der Waals surface area contributed by atoms with Gasteiger partial charge in [-0.2, -0.15) is 0 Å². The first-order valence-electron chi connectivity index (χ1n) is 6.63. The fourth-order valence-electron chi connectivity index (χ4n) is 1.97. The van der Waals surface area contributed by atoms with Gasteiger partial charge in [-0.3, -0.25) is 4.79 Å². The van der Waals surface area contributed by atoms with Gasteiger partial charge in [-0.25, -0.2) is 0 Å². The smallest absolute Gasteiger partial charge is 0.188 e. The number of methoxy groups -OCH3 is 1. The molecule has 21 heavy (non-hydrogen) atoms. The Morgan fingerprint density at radius 1 is 1.10 bits per heavy atom. The number of aryl methyl sites for hydroxylation is 1. The van der Waals surface area contributed by atoms with E-state index in [1.54, 1.807) is 13.2 Å². The molecule has 2 aromatic carbocycles. The van der Waals surface area contributed by atoms with Gasteiger partial charge in [0.25, 0.3) is 0 Å². The molecule has 0 unspecified atom stereocenters. The summed E-state index contributed by atoms with van der Waals surface area (Å²) in [4.78, 5) is 11.3. The Kier molecular flexibility index (Phi) is 5.35. The third-order valence-corrected chi connectivity index (χ3v) is 2.91. The molecular formula is C17H18O4. The molecule has 0 saturated carbocycles. The van der Waals surface area contributed by atoms with Crippen LogP contribution < -0.4 is 9.47 Å². The minimum absolute atomic E-state index is 0.101. The normalized spacial score (nSPS) is 10.2. The van der Waals surface area contributed by atoms with Crippen molar-refractivity contribution < 1.29 is 19.0 Å². The fraction of sp³-hybridized carbons (Fsp3) is 0.235. The zero-order valence-corrected chi connectivity index (χ0v) is 12.2. The molecule has 0 bridgehead atoms. The quantitative estimate of drug-likeness (QED) is 0.578. The van der Waals surface area contributed by atoms with Crippen LogP contribution in [0, 0.1) is 6.92 Å². The molecule has 2 rings (SSSR count). The Morgan fingerprint density at radius 2 is 1.86 bits per heavy atom. The van der Waals surface area contributed by atoms with Crippen LogP contribution >= 0.6 is 0 Å². The van der Waals surface area contributed by atoms with Gasteiger partial charge < -0.3 is 14.2 Å². The molecule has 110 valence electrons. The first-order chi connectivity index (χ1) is 10.2. The number of hydrogen-bond donors (Lipinski definition) is 0. The highest BCUT2D eigenvalue weighted by atomic mass is 16.7. The fourth-order valence-corrected chi connectivity index (χ4v) is 1.97. The molecule has 0 radical (unpaired) electrons. The Morgan fingerprint density at radius 3 is 2.52 bits per heavy atom. The standard InChI is InChI=1S/C17H18O4/c1-13-8-15(10-18)17(16(9-13)21-12-19-2)20-11-14-6-4-3-5-7-14/h3-10H,11-12H2,1-2H3. The molecule has 4 heteroatoms. The minimum Gasteiger partial charge on any atom is -0.484 e. The summed E-state index contributed by atoms with van der Waals surface area (Å²) >= 11 is 0. The summed E-state index contributed by atoms with van der Waals surface area (Å²) in [5, 5.41) is 0. The van der Waals surface area contributed by atoms with Crippen molar-refractivity contribution in [1.29, 1.82) is 0 Å². The minimum atomic E-state index is 0.101. The number of rotatable bonds is 7. The summed E-state index contributed by atoms with van der Waals surface area (Å²) in [7, 11) is 1.54. The van der Waals surface area contributed by atoms with E-state index in [0.29, 0.717) is 23.7 Å². The Hall–Kier alpha value is -2.33. The van der Waals surface area contributed by atoms with Crippen LogP contribution in [0.2, 0.25) is 0 Å². The topological polar surface area (TPSA) is 44.8 Å². The van der Waals surface area contributed by atoms with Gasteiger partial charge in [0.05, 0.1) is 5.56 Å². The van der Waals surface area contributed by atoms with E-state index in [0.717, 1.165) is 17.4 Å². The van der Waals surface area contributed by atoms with Gasteiger partial charge in [-0.15, -0.1) is 0 Å². The number of benzene rings is 2. The van der Waals surface area contributed by atoms with Gasteiger partial charge >= 0.3 is 0 Å². The molecule has 4 nitrogen and oxygen atoms in total. The van der Waals surface area contributed by atoms with Crippen molar-refractivity contribution in [1.82, 2.24) is 0 Å². The van der Waals surface area contributed by atoms with Crippen molar-refractivity contribution in [3.63, 3.8) is 0 Å². The first-order valence-corrected chi connectivity index (χ1v) is 6.63. The lowest BCUT2D eigenvalue weighted by atomic mass is 10.1. The summed E-state index contributed by atoms with van der Waals surface area (Å²) in [6, 6.07) is 13.3. The maximum absolute atomic E-state index is 11.3. The summed E-state index contributed by atoms with van der Waals surface area (Å²) < 4.78 is 16.2. The largest absolute Gasteiger partial charge is 0.484 e. The van der Waals surface area contributed by atoms with E-state index in [2.05, 4.69) is 0 Å². The van der Waals surface area contributed by atoms with Gasteiger partial charge in [-0.05, 0) is 30.2 Å². The van der Waals surface area contributed by atoms with Gasteiger partial charge in [0.2, 0.25) is 0 Å². The second-order valence-electron chi connectivity index (χ2n) is 4.62. The monoisotopic (exact) mass is 286 g/mol. The van der Waals surface area contributed by atoms with Crippen LogP contribution in [0.5, 0.6) is 11.5 Å². The highest BCUT2D eigenvalue weighted by Crippen LogP contribution is 2.32. The Bertz CT molecular complexity index is 593. The van der Waals surface area contributed by atoms with E-state index < -0.39 is 0 Å². The van der Waals surface area contributed by atoms with Crippen LogP contribution in [-0.2, 0) is 11.3 Å². The highest BCUT2D eigenvalue weighted by molar-refractivity contribution is 5.81. The summed E-state index contributed by atoms with van der Waals surface area (Å²) in [6.45, 7) is 2.37. The van der Waals surface area contributed by atoms with Crippen molar-refractivity contribution in [3.8, 4) is 11.5 Å². The van der Waals surface area contributed by atoms with Crippen molar-refractivity contribution in [3.05, 3.63) is 59.2 Å². The molecule has 0 amide bonds. The summed E-state index contributed by atoms with van der Waals surface area (Å²) in [5.74, 6) is 0.950. The molecule has 0 saturated heterocycles. The van der Waals surface area contributed by atoms with E-state index in [1.807, 2.05) is 43.3 Å². The van der Waals surface area contributed by atoms with Crippen molar-refractivity contribution >= 4 is 6.29 Å². The number of carbonyl (C=O) groups excluding carboxylic acids is 1. The predicted octanol–water partition coefficient (Wildman–Crippen LogP) is 3.37. The van der Waals surface area contributed by atoms with Gasteiger partial charge in [0.1, 0.15) is 6.61 Å². The number of hydrogen-bond acceptors (Lipinski definition) is 4. The van der Waals surface area contributed by atoms with Gasteiger partial charge in [0, 0.05) is 7.11 Å². The van der Waals surface area contributed by atoms with E-state index in [9.17, 15) is 4.79 Å². The third-order valence-electron chi connectivity index (χ3n) is 2.91. The molecule has 0 heterocycles. The first kappa shape index (κ1) is 15.1. The van der Waals surface area contributed by atoms with Crippen LogP contribution in [0.25, 0.3) is 0 Å². The maximum Gasteiger partial charge on any atom is 0.188 e. The molecule has 0 aliphatic carbocycles. The Balaban J connectivity index is 2.24. The van der Waals surface area contributed by atoms with Crippen molar-refractivity contribution in [2.45, 2.75) is 13.5 Å². The summed E-state index contributed by atoms with van der Waals surface area (Å²) in [5.41, 5.74) is 2.42. The van der Waals surface area contributed by atoms with Crippen LogP contribution in [0.15, 0.2) is 42.5 Å². The zero-order valence-electron chi connectivity index (χ0n) is 12.2. The second kappa shape index (κ2) is 7.45. The van der Waals surface area contributed by atoms with Crippen LogP contribution in [-0.4, -0.2) is 20.2 Å². The molecular weight excluding hydrogens is 268 g/mol. The van der Waals surface area contributed by atoms with Crippen LogP contribution in [0.1, 0.15) is 21.5 Å². The molecule has 0 spiro atoms. The predicted molar refractivity (Wildman–Crippen MR) is 79.8 cm³/mol. The average Bonchev–Trinajstić information content (AvgIpc) is 2.52. The third kappa shape index (κ3) is 4.07. The molecule has 0 fully saturated rings. The van der Waals surface area contributed by atoms with E-state index in [1.165, 1.54) is 0 Å². The second-order valence-corrected chi connectivity index (χ2v) is 4.62. The lowest BCUT2D eigenvalue weighted by Gasteiger charge is -2.15. The molecule has 0 aromatic heterocycles. The van der Waals surface area contributed by atoms with Gasteiger partial charge in [-0.1, -0.05) is 30.3 Å². The number of carbonyl (C=O) groups is 1. The van der Waals surface area contributed by atoms with E-state index in [-0.39, 0.29) is 6.79 Å². The molecule has 0 atom stereocenters. The Labute approximate surface area is 124 Å². The molecule has 0 aliphatic heterocycles. The van der Waals surface area contributed by atoms with Crippen molar-refractivity contribution in [2.24, 2.45) is 0 Å². The zero-order chi connectivity index (χ0) is 15.1. The van der Waals surface area contributed by atoms with Crippen molar-refractivity contribution in [2.75, 3.05) is 13.9 Å². The molecule has 0 aliphatic rings. The highest BCUT2D eigenvalue weighted by Gasteiger charge is 2.13. The van der Waals surface area contributed by atoms with Gasteiger partial charge in [0.15, 0.2) is 24.6 Å². The molecule has 0 N–H and O–H groups in total. The van der Waals surface area contributed by atoms with Crippen LogP contribution in [0.3, 0.4) is 0 Å². The lowest BCUT2D eigenvalue weighted by molar-refractivity contribution is 0.0482. The van der Waals surface area contributed by atoms with E-state index >= 15 is 0 Å². The molecule has 2 aromatic rings. The van der Waals surface area contributed by atoms with E-state index in [4.69, 9.17) is 14.2 Å². The summed E-state index contributed by atoms with van der Waals surface area (Å²) in [6.07, 6.45) is 0.771. The lowest BCUT2D eigenvalue weighted by Crippen LogP contribution is -2.05.